The summed E-state index contributed by atoms with van der Waals surface area (Å²) in [6, 6.07) is 10.2. The summed E-state index contributed by atoms with van der Waals surface area (Å²) in [5, 5.41) is 2.82. The molecule has 0 aliphatic rings. The number of carbonyl (C=O) groups is 2. The molecule has 1 aromatic heterocycles. The van der Waals surface area contributed by atoms with Crippen LogP contribution in [-0.2, 0) is 0 Å². The number of rotatable bonds is 6. The maximum absolute atomic E-state index is 12.5. The molecule has 1 unspecified atom stereocenters. The molecule has 6 nitrogen and oxygen atoms in total. The fourth-order valence-electron chi connectivity index (χ4n) is 2.17. The zero-order valence-electron chi connectivity index (χ0n) is 13.6. The minimum absolute atomic E-state index is 0.0159. The van der Waals surface area contributed by atoms with Crippen LogP contribution in [-0.4, -0.2) is 31.4 Å². The number of benzene rings is 1. The normalized spacial score (nSPS) is 11.8. The van der Waals surface area contributed by atoms with Crippen molar-refractivity contribution in [2.75, 3.05) is 18.5 Å². The molecule has 1 atom stereocenters. The van der Waals surface area contributed by atoms with Gasteiger partial charge in [0.05, 0.1) is 11.3 Å². The Hall–Kier alpha value is -2.12. The Kier molecular flexibility index (Phi) is 6.16. The first-order chi connectivity index (χ1) is 11.4. The predicted molar refractivity (Wildman–Crippen MR) is 96.2 cm³/mol. The molecule has 0 saturated carbocycles. The number of hydrogen-bond acceptors (Lipinski definition) is 4. The van der Waals surface area contributed by atoms with Gasteiger partial charge >= 0.3 is 0 Å². The third kappa shape index (κ3) is 4.46. The van der Waals surface area contributed by atoms with Crippen LogP contribution in [0.4, 0.5) is 5.69 Å². The molecule has 0 spiro atoms. The molecule has 2 rings (SSSR count). The van der Waals surface area contributed by atoms with Crippen molar-refractivity contribution in [3.63, 3.8) is 0 Å². The number of anilines is 1. The summed E-state index contributed by atoms with van der Waals surface area (Å²) in [6.07, 6.45) is 0.684. The molecule has 1 aromatic carbocycles. The van der Waals surface area contributed by atoms with Crippen molar-refractivity contribution >= 4 is 33.4 Å². The summed E-state index contributed by atoms with van der Waals surface area (Å²) in [5.74, 6) is -0.389. The molecule has 1 heterocycles. The van der Waals surface area contributed by atoms with Gasteiger partial charge < -0.3 is 20.4 Å². The molecule has 2 aromatic rings. The average molecular weight is 394 g/mol. The zero-order valence-corrected chi connectivity index (χ0v) is 15.2. The molecule has 0 aliphatic heterocycles. The van der Waals surface area contributed by atoms with Gasteiger partial charge in [0.2, 0.25) is 0 Å². The van der Waals surface area contributed by atoms with E-state index in [4.69, 9.17) is 10.2 Å². The molecule has 128 valence electrons. The van der Waals surface area contributed by atoms with E-state index in [1.54, 1.807) is 43.4 Å². The first-order valence-electron chi connectivity index (χ1n) is 7.56. The smallest absolute Gasteiger partial charge is 0.293 e. The monoisotopic (exact) mass is 393 g/mol. The first-order valence-corrected chi connectivity index (χ1v) is 8.35. The summed E-state index contributed by atoms with van der Waals surface area (Å²) in [4.78, 5) is 26.3. The minimum atomic E-state index is -0.337. The lowest BCUT2D eigenvalue weighted by Crippen LogP contribution is -2.32. The second-order valence-electron chi connectivity index (χ2n) is 5.51. The van der Waals surface area contributed by atoms with Gasteiger partial charge in [0.25, 0.3) is 11.8 Å². The average Bonchev–Trinajstić information content (AvgIpc) is 2.99. The summed E-state index contributed by atoms with van der Waals surface area (Å²) in [7, 11) is 1.60. The standard InChI is InChI=1S/C17H20BrN3O3/c1-11(19)9-10-20-16(22)12-5-3-4-6-13(12)21(2)17(23)14-7-8-15(18)24-14/h3-8,11H,9-10,19H2,1-2H3,(H,20,22). The molecular formula is C17H20BrN3O3. The van der Waals surface area contributed by atoms with Crippen LogP contribution in [0.25, 0.3) is 0 Å². The molecule has 0 saturated heterocycles. The fraction of sp³-hybridized carbons (Fsp3) is 0.294. The maximum Gasteiger partial charge on any atom is 0.293 e. The van der Waals surface area contributed by atoms with Crippen LogP contribution in [0.15, 0.2) is 45.5 Å². The van der Waals surface area contributed by atoms with E-state index in [2.05, 4.69) is 21.2 Å². The van der Waals surface area contributed by atoms with Gasteiger partial charge in [-0.25, -0.2) is 0 Å². The number of hydrogen-bond donors (Lipinski definition) is 2. The molecule has 0 aliphatic carbocycles. The first kappa shape index (κ1) is 18.2. The zero-order chi connectivity index (χ0) is 17.7. The van der Waals surface area contributed by atoms with Crippen LogP contribution in [0.2, 0.25) is 0 Å². The summed E-state index contributed by atoms with van der Waals surface area (Å²) in [5.41, 5.74) is 6.61. The molecular weight excluding hydrogens is 374 g/mol. The van der Waals surface area contributed by atoms with Gasteiger partial charge in [-0.2, -0.15) is 0 Å². The Morgan fingerprint density at radius 2 is 2.00 bits per heavy atom. The molecule has 0 radical (unpaired) electrons. The number of furan rings is 1. The largest absolute Gasteiger partial charge is 0.444 e. The maximum atomic E-state index is 12.5. The van der Waals surface area contributed by atoms with Crippen molar-refractivity contribution in [2.24, 2.45) is 5.73 Å². The van der Waals surface area contributed by atoms with Crippen LogP contribution in [0.3, 0.4) is 0 Å². The van der Waals surface area contributed by atoms with Gasteiger partial charge in [0.15, 0.2) is 10.4 Å². The van der Waals surface area contributed by atoms with Crippen LogP contribution < -0.4 is 16.0 Å². The third-order valence-electron chi connectivity index (χ3n) is 3.48. The second-order valence-corrected chi connectivity index (χ2v) is 6.29. The topological polar surface area (TPSA) is 88.6 Å². The van der Waals surface area contributed by atoms with Crippen molar-refractivity contribution in [1.82, 2.24) is 5.32 Å². The van der Waals surface area contributed by atoms with E-state index in [0.717, 1.165) is 0 Å². The number of nitrogens with zero attached hydrogens (tertiary/aromatic N) is 1. The van der Waals surface area contributed by atoms with E-state index < -0.39 is 0 Å². The second kappa shape index (κ2) is 8.12. The van der Waals surface area contributed by atoms with Gasteiger partial charge in [-0.15, -0.1) is 0 Å². The van der Waals surface area contributed by atoms with Gasteiger partial charge in [0, 0.05) is 19.6 Å². The summed E-state index contributed by atoms with van der Waals surface area (Å²) >= 11 is 3.17. The van der Waals surface area contributed by atoms with E-state index in [1.807, 2.05) is 6.92 Å². The van der Waals surface area contributed by atoms with E-state index >= 15 is 0 Å². The van der Waals surface area contributed by atoms with E-state index in [9.17, 15) is 9.59 Å². The van der Waals surface area contributed by atoms with Crippen LogP contribution in [0, 0.1) is 0 Å². The Bertz CT molecular complexity index is 727. The lowest BCUT2D eigenvalue weighted by Gasteiger charge is -2.19. The molecule has 3 N–H and O–H groups in total. The van der Waals surface area contributed by atoms with Crippen molar-refractivity contribution in [1.29, 1.82) is 0 Å². The quantitative estimate of drug-likeness (QED) is 0.789. The lowest BCUT2D eigenvalue weighted by atomic mass is 10.1. The van der Waals surface area contributed by atoms with Gasteiger partial charge in [0.1, 0.15) is 0 Å². The molecule has 0 fully saturated rings. The highest BCUT2D eigenvalue weighted by molar-refractivity contribution is 9.10. The highest BCUT2D eigenvalue weighted by Crippen LogP contribution is 2.23. The van der Waals surface area contributed by atoms with Crippen LogP contribution in [0.1, 0.15) is 34.3 Å². The van der Waals surface area contributed by atoms with Crippen LogP contribution >= 0.6 is 15.9 Å². The van der Waals surface area contributed by atoms with Crippen LogP contribution in [0.5, 0.6) is 0 Å². The Morgan fingerprint density at radius 1 is 1.29 bits per heavy atom. The highest BCUT2D eigenvalue weighted by Gasteiger charge is 2.21. The number of amides is 2. The molecule has 7 heteroatoms. The van der Waals surface area contributed by atoms with Gasteiger partial charge in [-0.1, -0.05) is 12.1 Å². The molecule has 0 bridgehead atoms. The van der Waals surface area contributed by atoms with Crippen molar-refractivity contribution in [3.05, 3.63) is 52.4 Å². The van der Waals surface area contributed by atoms with Crippen molar-refractivity contribution in [3.8, 4) is 0 Å². The SMILES string of the molecule is CC(N)CCNC(=O)c1ccccc1N(C)C(=O)c1ccc(Br)o1. The summed E-state index contributed by atoms with van der Waals surface area (Å²) < 4.78 is 5.76. The number of para-hydroxylation sites is 1. The van der Waals surface area contributed by atoms with E-state index in [1.165, 1.54) is 4.90 Å². The molecule has 24 heavy (non-hydrogen) atoms. The number of halogens is 1. The molecule has 2 amide bonds. The summed E-state index contributed by atoms with van der Waals surface area (Å²) in [6.45, 7) is 2.36. The van der Waals surface area contributed by atoms with E-state index in [0.29, 0.717) is 28.9 Å². The van der Waals surface area contributed by atoms with Gasteiger partial charge in [-0.3, -0.25) is 9.59 Å². The minimum Gasteiger partial charge on any atom is -0.444 e. The Morgan fingerprint density at radius 3 is 2.62 bits per heavy atom. The van der Waals surface area contributed by atoms with Crippen molar-refractivity contribution in [2.45, 2.75) is 19.4 Å². The highest BCUT2D eigenvalue weighted by atomic mass is 79.9. The van der Waals surface area contributed by atoms with Crippen molar-refractivity contribution < 1.29 is 14.0 Å². The van der Waals surface area contributed by atoms with E-state index in [-0.39, 0.29) is 23.6 Å². The Labute approximate surface area is 149 Å². The predicted octanol–water partition coefficient (Wildman–Crippen LogP) is 2.79. The van der Waals surface area contributed by atoms with Gasteiger partial charge in [-0.05, 0) is 53.5 Å². The number of nitrogens with two attached hydrogens (primary N) is 1. The Balaban J connectivity index is 2.18. The lowest BCUT2D eigenvalue weighted by molar-refractivity contribution is 0.0953. The third-order valence-corrected chi connectivity index (χ3v) is 3.91. The number of carbonyl (C=O) groups excluding carboxylic acids is 2. The number of nitrogens with one attached hydrogen (secondary N) is 1. The fourth-order valence-corrected chi connectivity index (χ4v) is 2.48.